The summed E-state index contributed by atoms with van der Waals surface area (Å²) in [6, 6.07) is 13.2. The summed E-state index contributed by atoms with van der Waals surface area (Å²) < 4.78 is 1.13. The van der Waals surface area contributed by atoms with E-state index in [1.807, 2.05) is 12.1 Å². The molecule has 2 aromatic carbocycles. The third-order valence-electron chi connectivity index (χ3n) is 4.45. The predicted molar refractivity (Wildman–Crippen MR) is 114 cm³/mol. The molecule has 2 aromatic heterocycles. The number of non-ortho nitro benzene ring substituents is 1. The fraction of sp³-hybridized carbons (Fsp3) is 0.100. The Hall–Kier alpha value is -3.92. The van der Waals surface area contributed by atoms with Crippen LogP contribution in [0.5, 0.6) is 0 Å². The van der Waals surface area contributed by atoms with Crippen molar-refractivity contribution in [2.24, 2.45) is 0 Å². The Labute approximate surface area is 173 Å². The van der Waals surface area contributed by atoms with Gasteiger partial charge in [-0.25, -0.2) is 9.67 Å². The van der Waals surface area contributed by atoms with Gasteiger partial charge in [-0.3, -0.25) is 19.7 Å². The van der Waals surface area contributed by atoms with Crippen LogP contribution >= 0.6 is 11.3 Å². The number of fused-ring (bicyclic) bond motifs is 1. The number of amides is 1. The number of nitrogens with zero attached hydrogens (tertiary/aromatic N) is 4. The van der Waals surface area contributed by atoms with Crippen LogP contribution in [-0.2, 0) is 11.3 Å². The van der Waals surface area contributed by atoms with E-state index < -0.39 is 10.8 Å². The van der Waals surface area contributed by atoms with Gasteiger partial charge in [-0.1, -0.05) is 30.3 Å². The molecule has 0 atom stereocenters. The molecule has 1 N–H and O–H groups in total. The van der Waals surface area contributed by atoms with E-state index in [9.17, 15) is 19.7 Å². The smallest absolute Gasteiger partial charge is 0.275 e. The van der Waals surface area contributed by atoms with Crippen LogP contribution in [0, 0.1) is 17.0 Å². The number of nitro groups is 1. The van der Waals surface area contributed by atoms with Crippen LogP contribution in [0.2, 0.25) is 0 Å². The molecule has 0 saturated carbocycles. The second-order valence-corrected chi connectivity index (χ2v) is 7.35. The first kappa shape index (κ1) is 19.4. The molecule has 0 spiro atoms. The Morgan fingerprint density at radius 2 is 1.97 bits per heavy atom. The number of anilines is 1. The molecule has 30 heavy (non-hydrogen) atoms. The lowest BCUT2D eigenvalue weighted by Crippen LogP contribution is -2.30. The van der Waals surface area contributed by atoms with Crippen molar-refractivity contribution >= 4 is 38.8 Å². The third-order valence-corrected chi connectivity index (χ3v) is 5.21. The second-order valence-electron chi connectivity index (χ2n) is 6.49. The van der Waals surface area contributed by atoms with Gasteiger partial charge in [0.2, 0.25) is 5.91 Å². The topological polar surface area (TPSA) is 120 Å². The Morgan fingerprint density at radius 3 is 2.73 bits per heavy atom. The lowest BCUT2D eigenvalue weighted by atomic mass is 10.1. The SMILES string of the molecule is Cc1nn(CC(=O)Nc2nc(-c3cccc([N+](=O)[O-])c3)cs2)c(=O)c2ccccc12. The van der Waals surface area contributed by atoms with Crippen LogP contribution < -0.4 is 10.9 Å². The van der Waals surface area contributed by atoms with Crippen molar-refractivity contribution in [2.45, 2.75) is 13.5 Å². The maximum Gasteiger partial charge on any atom is 0.275 e. The second kappa shape index (κ2) is 7.84. The molecule has 0 fully saturated rings. The number of rotatable bonds is 5. The van der Waals surface area contributed by atoms with Crippen molar-refractivity contribution in [3.05, 3.63) is 80.1 Å². The van der Waals surface area contributed by atoms with E-state index >= 15 is 0 Å². The minimum atomic E-state index is -0.477. The highest BCUT2D eigenvalue weighted by atomic mass is 32.1. The number of hydrogen-bond donors (Lipinski definition) is 1. The fourth-order valence-electron chi connectivity index (χ4n) is 3.05. The fourth-order valence-corrected chi connectivity index (χ4v) is 3.78. The minimum Gasteiger partial charge on any atom is -0.300 e. The molecule has 9 nitrogen and oxygen atoms in total. The quantitative estimate of drug-likeness (QED) is 0.390. The molecule has 0 aliphatic carbocycles. The molecule has 10 heteroatoms. The molecule has 1 amide bonds. The van der Waals surface area contributed by atoms with Gasteiger partial charge in [0.15, 0.2) is 5.13 Å². The molecule has 0 saturated heterocycles. The first-order valence-electron chi connectivity index (χ1n) is 8.89. The summed E-state index contributed by atoms with van der Waals surface area (Å²) in [5.74, 6) is -0.445. The summed E-state index contributed by atoms with van der Waals surface area (Å²) in [6.07, 6.45) is 0. The van der Waals surface area contributed by atoms with Crippen LogP contribution in [0.1, 0.15) is 5.69 Å². The largest absolute Gasteiger partial charge is 0.300 e. The molecule has 0 aliphatic rings. The van der Waals surface area contributed by atoms with Crippen LogP contribution in [0.3, 0.4) is 0 Å². The Balaban J connectivity index is 1.53. The summed E-state index contributed by atoms with van der Waals surface area (Å²) in [5, 5.41) is 21.1. The number of thiazole rings is 1. The van der Waals surface area contributed by atoms with Gasteiger partial charge < -0.3 is 5.32 Å². The van der Waals surface area contributed by atoms with E-state index in [4.69, 9.17) is 0 Å². The van der Waals surface area contributed by atoms with Crippen molar-refractivity contribution in [1.82, 2.24) is 14.8 Å². The summed E-state index contributed by atoms with van der Waals surface area (Å²) >= 11 is 1.19. The number of nitro benzene ring substituents is 1. The van der Waals surface area contributed by atoms with E-state index in [0.717, 1.165) is 10.1 Å². The van der Waals surface area contributed by atoms with Gasteiger partial charge in [0.1, 0.15) is 6.54 Å². The first-order chi connectivity index (χ1) is 14.4. The highest BCUT2D eigenvalue weighted by Crippen LogP contribution is 2.27. The van der Waals surface area contributed by atoms with Gasteiger partial charge in [0, 0.05) is 28.5 Å². The number of benzene rings is 2. The number of aromatic nitrogens is 3. The molecule has 0 aliphatic heterocycles. The first-order valence-corrected chi connectivity index (χ1v) is 9.77. The maximum atomic E-state index is 12.6. The zero-order valence-electron chi connectivity index (χ0n) is 15.7. The lowest BCUT2D eigenvalue weighted by Gasteiger charge is -2.08. The van der Waals surface area contributed by atoms with Gasteiger partial charge >= 0.3 is 0 Å². The predicted octanol–water partition coefficient (Wildman–Crippen LogP) is 3.38. The van der Waals surface area contributed by atoms with E-state index in [2.05, 4.69) is 15.4 Å². The molecular formula is C20H15N5O4S. The molecule has 0 bridgehead atoms. The molecular weight excluding hydrogens is 406 g/mol. The molecule has 0 unspecified atom stereocenters. The monoisotopic (exact) mass is 421 g/mol. The Morgan fingerprint density at radius 1 is 1.20 bits per heavy atom. The lowest BCUT2D eigenvalue weighted by molar-refractivity contribution is -0.384. The highest BCUT2D eigenvalue weighted by Gasteiger charge is 2.14. The normalized spacial score (nSPS) is 10.8. The van der Waals surface area contributed by atoms with Gasteiger partial charge in [0.05, 0.1) is 21.7 Å². The van der Waals surface area contributed by atoms with Crippen molar-refractivity contribution < 1.29 is 9.72 Å². The molecule has 4 rings (SSSR count). The average molecular weight is 421 g/mol. The van der Waals surface area contributed by atoms with Gasteiger partial charge in [-0.15, -0.1) is 11.3 Å². The van der Waals surface area contributed by atoms with E-state index in [-0.39, 0.29) is 17.8 Å². The number of carbonyl (C=O) groups excluding carboxylic acids is 1. The number of hydrogen-bond acceptors (Lipinski definition) is 7. The summed E-state index contributed by atoms with van der Waals surface area (Å²) in [6.45, 7) is 1.53. The Bertz CT molecular complexity index is 1340. The Kier molecular flexibility index (Phi) is 5.07. The summed E-state index contributed by atoms with van der Waals surface area (Å²) in [7, 11) is 0. The number of nitrogens with one attached hydrogen (secondary N) is 1. The summed E-state index contributed by atoms with van der Waals surface area (Å²) in [5.41, 5.74) is 1.35. The standard InChI is InChI=1S/C20H15N5O4S/c1-12-15-7-2-3-8-16(15)19(27)24(23-12)10-18(26)22-20-21-17(11-30-20)13-5-4-6-14(9-13)25(28)29/h2-9,11H,10H2,1H3,(H,21,22,26). The molecule has 0 radical (unpaired) electrons. The van der Waals surface area contributed by atoms with Crippen LogP contribution in [-0.4, -0.2) is 25.6 Å². The van der Waals surface area contributed by atoms with E-state index in [1.54, 1.807) is 36.6 Å². The molecule has 4 aromatic rings. The molecule has 2 heterocycles. The third kappa shape index (κ3) is 3.80. The zero-order valence-corrected chi connectivity index (χ0v) is 16.5. The number of aryl methyl sites for hydroxylation is 1. The summed E-state index contributed by atoms with van der Waals surface area (Å²) in [4.78, 5) is 39.8. The average Bonchev–Trinajstić information content (AvgIpc) is 3.20. The van der Waals surface area contributed by atoms with Gasteiger partial charge in [-0.05, 0) is 13.0 Å². The van der Waals surface area contributed by atoms with Crippen LogP contribution in [0.4, 0.5) is 10.8 Å². The maximum absolute atomic E-state index is 12.6. The van der Waals surface area contributed by atoms with Gasteiger partial charge in [-0.2, -0.15) is 5.10 Å². The highest BCUT2D eigenvalue weighted by molar-refractivity contribution is 7.14. The van der Waals surface area contributed by atoms with Crippen molar-refractivity contribution in [2.75, 3.05) is 5.32 Å². The van der Waals surface area contributed by atoms with Crippen LogP contribution in [0.25, 0.3) is 22.0 Å². The minimum absolute atomic E-state index is 0.0387. The van der Waals surface area contributed by atoms with Crippen molar-refractivity contribution in [3.8, 4) is 11.3 Å². The zero-order chi connectivity index (χ0) is 21.3. The van der Waals surface area contributed by atoms with E-state index in [1.165, 1.54) is 23.5 Å². The van der Waals surface area contributed by atoms with Gasteiger partial charge in [0.25, 0.3) is 11.2 Å². The van der Waals surface area contributed by atoms with Crippen LogP contribution in [0.15, 0.2) is 58.7 Å². The van der Waals surface area contributed by atoms with E-state index in [0.29, 0.717) is 27.5 Å². The number of carbonyl (C=O) groups is 1. The molecule has 150 valence electrons. The van der Waals surface area contributed by atoms with Crippen molar-refractivity contribution in [3.63, 3.8) is 0 Å². The van der Waals surface area contributed by atoms with Crippen molar-refractivity contribution in [1.29, 1.82) is 0 Å².